The fourth-order valence-electron chi connectivity index (χ4n) is 2.61. The smallest absolute Gasteiger partial charge is 0.320 e. The van der Waals surface area contributed by atoms with Crippen molar-refractivity contribution in [3.05, 3.63) is 77.3 Å². The topological polar surface area (TPSA) is 68.2 Å². The second kappa shape index (κ2) is 7.93. The van der Waals surface area contributed by atoms with Crippen LogP contribution in [0.15, 0.2) is 60.9 Å². The molecule has 3 aromatic rings. The number of carbonyl (C=O) groups is 1. The monoisotopic (exact) mass is 370 g/mol. The molecule has 2 aromatic carbocycles. The second-order valence-corrected chi connectivity index (χ2v) is 6.15. The standard InChI is InChI=1S/C19H19ClN4O2/c1-24-11-10-21-18(24)17(13-6-8-16(26-2)9-7-13)23-19(25)22-15-5-3-4-14(20)12-15/h3-12,17H,1-2H3,(H2,22,23,25). The summed E-state index contributed by atoms with van der Waals surface area (Å²) in [4.78, 5) is 16.9. The number of methoxy groups -OCH3 is 1. The van der Waals surface area contributed by atoms with Gasteiger partial charge in [-0.05, 0) is 35.9 Å². The molecule has 2 N–H and O–H groups in total. The normalized spacial score (nSPS) is 11.7. The number of nitrogens with one attached hydrogen (secondary N) is 2. The van der Waals surface area contributed by atoms with Crippen molar-refractivity contribution in [1.29, 1.82) is 0 Å². The predicted molar refractivity (Wildman–Crippen MR) is 102 cm³/mol. The Kier molecular flexibility index (Phi) is 5.43. The summed E-state index contributed by atoms with van der Waals surface area (Å²) in [5, 5.41) is 6.31. The van der Waals surface area contributed by atoms with Crippen molar-refractivity contribution < 1.29 is 9.53 Å². The third-order valence-electron chi connectivity index (χ3n) is 3.92. The van der Waals surface area contributed by atoms with Gasteiger partial charge in [-0.2, -0.15) is 0 Å². The molecule has 0 aliphatic heterocycles. The number of aryl methyl sites for hydroxylation is 1. The van der Waals surface area contributed by atoms with Gasteiger partial charge in [-0.25, -0.2) is 9.78 Å². The predicted octanol–water partition coefficient (Wildman–Crippen LogP) is 3.99. The number of nitrogens with zero attached hydrogens (tertiary/aromatic N) is 2. The first-order valence-electron chi connectivity index (χ1n) is 8.01. The van der Waals surface area contributed by atoms with Crippen LogP contribution in [0.25, 0.3) is 0 Å². The Hall–Kier alpha value is -2.99. The minimum Gasteiger partial charge on any atom is -0.497 e. The number of ether oxygens (including phenoxy) is 1. The van der Waals surface area contributed by atoms with E-state index in [2.05, 4.69) is 15.6 Å². The van der Waals surface area contributed by atoms with E-state index in [-0.39, 0.29) is 6.03 Å². The number of rotatable bonds is 5. The van der Waals surface area contributed by atoms with Crippen LogP contribution in [0.5, 0.6) is 5.75 Å². The molecule has 1 aromatic heterocycles. The maximum Gasteiger partial charge on any atom is 0.320 e. The van der Waals surface area contributed by atoms with Crippen LogP contribution in [-0.4, -0.2) is 22.7 Å². The summed E-state index contributed by atoms with van der Waals surface area (Å²) < 4.78 is 7.07. The van der Waals surface area contributed by atoms with Crippen LogP contribution in [-0.2, 0) is 7.05 Å². The summed E-state index contributed by atoms with van der Waals surface area (Å²) >= 11 is 5.96. The first kappa shape index (κ1) is 17.8. The molecule has 2 amide bonds. The Morgan fingerprint density at radius 1 is 1.23 bits per heavy atom. The van der Waals surface area contributed by atoms with Crippen LogP contribution in [0, 0.1) is 0 Å². The quantitative estimate of drug-likeness (QED) is 0.713. The summed E-state index contributed by atoms with van der Waals surface area (Å²) in [6.07, 6.45) is 3.53. The molecule has 7 heteroatoms. The van der Waals surface area contributed by atoms with Gasteiger partial charge in [-0.1, -0.05) is 29.8 Å². The van der Waals surface area contributed by atoms with Crippen molar-refractivity contribution >= 4 is 23.3 Å². The molecule has 1 atom stereocenters. The molecular formula is C19H19ClN4O2. The lowest BCUT2D eigenvalue weighted by molar-refractivity contribution is 0.249. The van der Waals surface area contributed by atoms with E-state index in [1.807, 2.05) is 42.1 Å². The number of halogens is 1. The zero-order chi connectivity index (χ0) is 18.5. The van der Waals surface area contributed by atoms with E-state index in [9.17, 15) is 4.79 Å². The maximum atomic E-state index is 12.5. The van der Waals surface area contributed by atoms with Crippen molar-refractivity contribution in [1.82, 2.24) is 14.9 Å². The number of anilines is 1. The fourth-order valence-corrected chi connectivity index (χ4v) is 2.80. The summed E-state index contributed by atoms with van der Waals surface area (Å²) in [5.41, 5.74) is 1.50. The second-order valence-electron chi connectivity index (χ2n) is 5.71. The van der Waals surface area contributed by atoms with Gasteiger partial charge in [0.25, 0.3) is 0 Å². The lowest BCUT2D eigenvalue weighted by atomic mass is 10.1. The first-order valence-corrected chi connectivity index (χ1v) is 8.39. The molecule has 134 valence electrons. The molecule has 26 heavy (non-hydrogen) atoms. The summed E-state index contributed by atoms with van der Waals surface area (Å²) in [6.45, 7) is 0. The number of hydrogen-bond acceptors (Lipinski definition) is 3. The van der Waals surface area contributed by atoms with Crippen molar-refractivity contribution in [2.45, 2.75) is 6.04 Å². The van der Waals surface area contributed by atoms with Crippen LogP contribution in [0.2, 0.25) is 5.02 Å². The van der Waals surface area contributed by atoms with Gasteiger partial charge in [-0.3, -0.25) is 0 Å². The zero-order valence-electron chi connectivity index (χ0n) is 14.4. The van der Waals surface area contributed by atoms with E-state index in [4.69, 9.17) is 16.3 Å². The number of imidazole rings is 1. The molecule has 6 nitrogen and oxygen atoms in total. The number of urea groups is 1. The number of aromatic nitrogens is 2. The molecule has 0 aliphatic carbocycles. The summed E-state index contributed by atoms with van der Waals surface area (Å²) in [6, 6.07) is 13.7. The molecule has 0 fully saturated rings. The summed E-state index contributed by atoms with van der Waals surface area (Å²) in [5.74, 6) is 1.46. The number of benzene rings is 2. The Balaban J connectivity index is 1.83. The van der Waals surface area contributed by atoms with Crippen LogP contribution in [0.1, 0.15) is 17.4 Å². The SMILES string of the molecule is COc1ccc(C(NC(=O)Nc2cccc(Cl)c2)c2nccn2C)cc1. The molecule has 1 unspecified atom stereocenters. The average molecular weight is 371 g/mol. The Labute approximate surface area is 156 Å². The third-order valence-corrected chi connectivity index (χ3v) is 4.16. The van der Waals surface area contributed by atoms with E-state index in [0.29, 0.717) is 10.7 Å². The molecule has 0 spiro atoms. The third kappa shape index (κ3) is 4.15. The highest BCUT2D eigenvalue weighted by Gasteiger charge is 2.21. The Morgan fingerprint density at radius 3 is 2.62 bits per heavy atom. The van der Waals surface area contributed by atoms with Crippen LogP contribution in [0.4, 0.5) is 10.5 Å². The van der Waals surface area contributed by atoms with Gasteiger partial charge in [-0.15, -0.1) is 0 Å². The average Bonchev–Trinajstić information content (AvgIpc) is 3.05. The van der Waals surface area contributed by atoms with Gasteiger partial charge >= 0.3 is 6.03 Å². The van der Waals surface area contributed by atoms with E-state index < -0.39 is 6.04 Å². The Morgan fingerprint density at radius 2 is 2.00 bits per heavy atom. The lowest BCUT2D eigenvalue weighted by Gasteiger charge is -2.20. The van der Waals surface area contributed by atoms with Gasteiger partial charge in [0.05, 0.1) is 7.11 Å². The molecule has 0 aliphatic rings. The highest BCUT2D eigenvalue weighted by atomic mass is 35.5. The van der Waals surface area contributed by atoms with Crippen molar-refractivity contribution in [3.63, 3.8) is 0 Å². The molecule has 0 radical (unpaired) electrons. The number of amides is 2. The van der Waals surface area contributed by atoms with Crippen LogP contribution in [0.3, 0.4) is 0 Å². The van der Waals surface area contributed by atoms with E-state index in [1.54, 1.807) is 37.6 Å². The minimum atomic E-state index is -0.417. The van der Waals surface area contributed by atoms with E-state index in [1.165, 1.54) is 0 Å². The van der Waals surface area contributed by atoms with E-state index >= 15 is 0 Å². The van der Waals surface area contributed by atoms with Crippen LogP contribution < -0.4 is 15.4 Å². The number of hydrogen-bond donors (Lipinski definition) is 2. The van der Waals surface area contributed by atoms with Crippen molar-refractivity contribution in [2.75, 3.05) is 12.4 Å². The van der Waals surface area contributed by atoms with Gasteiger partial charge in [0.1, 0.15) is 17.6 Å². The van der Waals surface area contributed by atoms with Gasteiger partial charge in [0.2, 0.25) is 0 Å². The molecule has 0 saturated carbocycles. The Bertz CT molecular complexity index is 893. The van der Waals surface area contributed by atoms with Gasteiger partial charge in [0.15, 0.2) is 0 Å². The highest BCUT2D eigenvalue weighted by molar-refractivity contribution is 6.30. The lowest BCUT2D eigenvalue weighted by Crippen LogP contribution is -2.34. The molecule has 1 heterocycles. The maximum absolute atomic E-state index is 12.5. The van der Waals surface area contributed by atoms with Gasteiger partial charge in [0, 0.05) is 30.2 Å². The first-order chi connectivity index (χ1) is 12.6. The van der Waals surface area contributed by atoms with Crippen LogP contribution >= 0.6 is 11.6 Å². The number of carbonyl (C=O) groups excluding carboxylic acids is 1. The molecule has 0 saturated heterocycles. The fraction of sp³-hybridized carbons (Fsp3) is 0.158. The van der Waals surface area contributed by atoms with Gasteiger partial charge < -0.3 is 19.9 Å². The highest BCUT2D eigenvalue weighted by Crippen LogP contribution is 2.23. The summed E-state index contributed by atoms with van der Waals surface area (Å²) in [7, 11) is 3.50. The molecule has 0 bridgehead atoms. The molecular weight excluding hydrogens is 352 g/mol. The minimum absolute atomic E-state index is 0.351. The zero-order valence-corrected chi connectivity index (χ0v) is 15.2. The largest absolute Gasteiger partial charge is 0.497 e. The van der Waals surface area contributed by atoms with Crippen molar-refractivity contribution in [2.24, 2.45) is 7.05 Å². The van der Waals surface area contributed by atoms with E-state index in [0.717, 1.165) is 17.1 Å². The molecule has 3 rings (SSSR count). The van der Waals surface area contributed by atoms with Crippen molar-refractivity contribution in [3.8, 4) is 5.75 Å².